The Kier molecular flexibility index (Phi) is 6.10. The molecule has 114 valence electrons. The minimum atomic E-state index is -0.819. The molecule has 0 bridgehead atoms. The van der Waals surface area contributed by atoms with E-state index in [4.69, 9.17) is 16.3 Å². The van der Waals surface area contributed by atoms with Gasteiger partial charge in [-0.3, -0.25) is 19.7 Å². The van der Waals surface area contributed by atoms with Crippen molar-refractivity contribution in [1.82, 2.24) is 0 Å². The molecule has 0 unspecified atom stereocenters. The van der Waals surface area contributed by atoms with Crippen molar-refractivity contribution in [2.24, 2.45) is 0 Å². The second-order valence-corrected chi connectivity index (χ2v) is 4.57. The first-order valence-corrected chi connectivity index (χ1v) is 6.47. The highest BCUT2D eigenvalue weighted by Gasteiger charge is 2.20. The van der Waals surface area contributed by atoms with Crippen LogP contribution in [-0.2, 0) is 25.7 Å². The van der Waals surface area contributed by atoms with Crippen LogP contribution in [0, 0.1) is 17.0 Å². The van der Waals surface area contributed by atoms with Gasteiger partial charge in [0.2, 0.25) is 0 Å². The molecule has 1 rings (SSSR count). The minimum absolute atomic E-state index is 0.158. The summed E-state index contributed by atoms with van der Waals surface area (Å²) in [5.41, 5.74) is 0.370. The summed E-state index contributed by atoms with van der Waals surface area (Å²) in [6, 6.07) is 2.80. The molecule has 0 aromatic heterocycles. The molecule has 8 heteroatoms. The number of halogens is 1. The van der Waals surface area contributed by atoms with E-state index < -0.39 is 23.3 Å². The number of hydrogen-bond donors (Lipinski definition) is 0. The monoisotopic (exact) mass is 315 g/mol. The molecule has 0 spiro atoms. The number of hydrogen-bond acceptors (Lipinski definition) is 6. The highest BCUT2D eigenvalue weighted by atomic mass is 35.5. The number of carbonyl (C=O) groups is 2. The zero-order valence-corrected chi connectivity index (χ0v) is 12.3. The van der Waals surface area contributed by atoms with Crippen LogP contribution in [-0.4, -0.2) is 23.5 Å². The van der Waals surface area contributed by atoms with Crippen molar-refractivity contribution < 1.29 is 24.0 Å². The van der Waals surface area contributed by atoms with Gasteiger partial charge in [-0.15, -0.1) is 0 Å². The van der Waals surface area contributed by atoms with Gasteiger partial charge in [0.25, 0.3) is 5.69 Å². The van der Waals surface area contributed by atoms with Crippen LogP contribution >= 0.6 is 11.6 Å². The van der Waals surface area contributed by atoms with Crippen LogP contribution in [0.15, 0.2) is 12.1 Å². The van der Waals surface area contributed by atoms with E-state index in [0.717, 1.165) is 0 Å². The Hall–Kier alpha value is -2.15. The molecule has 1 aromatic carbocycles. The van der Waals surface area contributed by atoms with Crippen molar-refractivity contribution in [3.05, 3.63) is 38.4 Å². The van der Waals surface area contributed by atoms with Crippen molar-refractivity contribution in [1.29, 1.82) is 0 Å². The normalized spacial score (nSPS) is 10.0. The zero-order chi connectivity index (χ0) is 16.0. The average Bonchev–Trinajstić information content (AvgIpc) is 2.35. The molecule has 1 aromatic rings. The Labute approximate surface area is 125 Å². The molecular formula is C13H14ClNO6. The Morgan fingerprint density at radius 2 is 1.90 bits per heavy atom. The number of esters is 2. The van der Waals surface area contributed by atoms with Crippen LogP contribution in [0.1, 0.15) is 24.5 Å². The zero-order valence-electron chi connectivity index (χ0n) is 11.6. The van der Waals surface area contributed by atoms with Gasteiger partial charge in [-0.05, 0) is 26.0 Å². The summed E-state index contributed by atoms with van der Waals surface area (Å²) in [6.07, 6.45) is -0.540. The predicted octanol–water partition coefficient (Wildman–Crippen LogP) is 2.55. The van der Waals surface area contributed by atoms with E-state index >= 15 is 0 Å². The van der Waals surface area contributed by atoms with Crippen molar-refractivity contribution in [2.75, 3.05) is 6.61 Å². The van der Waals surface area contributed by atoms with E-state index in [1.54, 1.807) is 6.92 Å². The lowest BCUT2D eigenvalue weighted by Crippen LogP contribution is -2.14. The predicted molar refractivity (Wildman–Crippen MR) is 73.9 cm³/mol. The van der Waals surface area contributed by atoms with E-state index in [1.165, 1.54) is 19.1 Å². The first-order valence-electron chi connectivity index (χ1n) is 6.09. The van der Waals surface area contributed by atoms with Gasteiger partial charge in [0.1, 0.15) is 13.0 Å². The molecule has 0 fully saturated rings. The second kappa shape index (κ2) is 7.58. The number of nitro groups is 1. The molecule has 0 amide bonds. The first kappa shape index (κ1) is 16.9. The molecule has 0 aliphatic heterocycles. The highest BCUT2D eigenvalue weighted by molar-refractivity contribution is 6.30. The van der Waals surface area contributed by atoms with Crippen LogP contribution < -0.4 is 0 Å². The van der Waals surface area contributed by atoms with Crippen LogP contribution in [0.25, 0.3) is 0 Å². The lowest BCUT2D eigenvalue weighted by molar-refractivity contribution is -0.386. The number of rotatable bonds is 6. The van der Waals surface area contributed by atoms with Gasteiger partial charge >= 0.3 is 11.9 Å². The SMILES string of the molecule is CCOC(=O)CC(=O)OCc1cc(Cl)cc(C)c1[N+](=O)[O-]. The Bertz CT molecular complexity index is 572. The summed E-state index contributed by atoms with van der Waals surface area (Å²) >= 11 is 5.83. The molecule has 0 radical (unpaired) electrons. The molecule has 0 N–H and O–H groups in total. The lowest BCUT2D eigenvalue weighted by atomic mass is 10.1. The molecule has 0 heterocycles. The molecule has 0 aliphatic carbocycles. The van der Waals surface area contributed by atoms with E-state index in [1.807, 2.05) is 0 Å². The number of benzene rings is 1. The lowest BCUT2D eigenvalue weighted by Gasteiger charge is -2.08. The van der Waals surface area contributed by atoms with Crippen molar-refractivity contribution >= 4 is 29.2 Å². The van der Waals surface area contributed by atoms with Gasteiger partial charge in [0.15, 0.2) is 0 Å². The number of carbonyl (C=O) groups excluding carboxylic acids is 2. The fourth-order valence-corrected chi connectivity index (χ4v) is 2.01. The van der Waals surface area contributed by atoms with E-state index in [-0.39, 0.29) is 24.5 Å². The van der Waals surface area contributed by atoms with Crippen LogP contribution in [0.3, 0.4) is 0 Å². The van der Waals surface area contributed by atoms with E-state index in [9.17, 15) is 19.7 Å². The molecular weight excluding hydrogens is 302 g/mol. The fourth-order valence-electron chi connectivity index (χ4n) is 1.72. The molecule has 0 atom stereocenters. The number of nitro benzene ring substituents is 1. The van der Waals surface area contributed by atoms with Crippen molar-refractivity contribution in [3.8, 4) is 0 Å². The molecule has 0 saturated carbocycles. The summed E-state index contributed by atoms with van der Waals surface area (Å²) < 4.78 is 9.44. The maximum atomic E-state index is 11.4. The maximum Gasteiger partial charge on any atom is 0.317 e. The van der Waals surface area contributed by atoms with Gasteiger partial charge in [0, 0.05) is 10.6 Å². The maximum absolute atomic E-state index is 11.4. The third kappa shape index (κ3) is 5.03. The van der Waals surface area contributed by atoms with Crippen molar-refractivity contribution in [2.45, 2.75) is 26.9 Å². The van der Waals surface area contributed by atoms with Crippen LogP contribution in [0.5, 0.6) is 0 Å². The van der Waals surface area contributed by atoms with Crippen LogP contribution in [0.2, 0.25) is 5.02 Å². The standard InChI is InChI=1S/C13H14ClNO6/c1-3-20-11(16)6-12(17)21-7-9-5-10(14)4-8(2)13(9)15(18)19/h4-5H,3,6-7H2,1-2H3. The summed E-state index contributed by atoms with van der Waals surface area (Å²) in [5, 5.41) is 11.3. The van der Waals surface area contributed by atoms with Gasteiger partial charge in [0.05, 0.1) is 17.1 Å². The average molecular weight is 316 g/mol. The number of aryl methyl sites for hydroxylation is 1. The Morgan fingerprint density at radius 1 is 1.29 bits per heavy atom. The quantitative estimate of drug-likeness (QED) is 0.346. The molecule has 0 saturated heterocycles. The third-order valence-electron chi connectivity index (χ3n) is 2.51. The van der Waals surface area contributed by atoms with Crippen molar-refractivity contribution in [3.63, 3.8) is 0 Å². The van der Waals surface area contributed by atoms with Gasteiger partial charge in [-0.2, -0.15) is 0 Å². The Morgan fingerprint density at radius 3 is 2.48 bits per heavy atom. The summed E-state index contributed by atoms with van der Waals surface area (Å²) in [4.78, 5) is 33.0. The smallest absolute Gasteiger partial charge is 0.317 e. The molecule has 7 nitrogen and oxygen atoms in total. The topological polar surface area (TPSA) is 95.7 Å². The van der Waals surface area contributed by atoms with E-state index in [0.29, 0.717) is 10.6 Å². The summed E-state index contributed by atoms with van der Waals surface area (Å²) in [6.45, 7) is 2.97. The number of ether oxygens (including phenoxy) is 2. The minimum Gasteiger partial charge on any atom is -0.466 e. The number of nitrogens with zero attached hydrogens (tertiary/aromatic N) is 1. The second-order valence-electron chi connectivity index (χ2n) is 4.13. The highest BCUT2D eigenvalue weighted by Crippen LogP contribution is 2.28. The summed E-state index contributed by atoms with van der Waals surface area (Å²) in [5.74, 6) is -1.53. The van der Waals surface area contributed by atoms with Gasteiger partial charge < -0.3 is 9.47 Å². The van der Waals surface area contributed by atoms with Gasteiger partial charge in [-0.25, -0.2) is 0 Å². The first-order chi connectivity index (χ1) is 9.85. The summed E-state index contributed by atoms with van der Waals surface area (Å²) in [7, 11) is 0. The van der Waals surface area contributed by atoms with E-state index in [2.05, 4.69) is 4.74 Å². The van der Waals surface area contributed by atoms with Gasteiger partial charge in [-0.1, -0.05) is 11.6 Å². The fraction of sp³-hybridized carbons (Fsp3) is 0.385. The third-order valence-corrected chi connectivity index (χ3v) is 2.73. The molecule has 21 heavy (non-hydrogen) atoms. The van der Waals surface area contributed by atoms with Crippen LogP contribution in [0.4, 0.5) is 5.69 Å². The molecule has 0 aliphatic rings. The Balaban J connectivity index is 2.77. The largest absolute Gasteiger partial charge is 0.466 e.